The molecule has 0 bridgehead atoms. The van der Waals surface area contributed by atoms with Gasteiger partial charge in [0.05, 0.1) is 18.1 Å². The van der Waals surface area contributed by atoms with Gasteiger partial charge in [0.25, 0.3) is 0 Å². The van der Waals surface area contributed by atoms with E-state index in [-0.39, 0.29) is 24.9 Å². The van der Waals surface area contributed by atoms with Crippen LogP contribution in [0.1, 0.15) is 50.3 Å². The maximum absolute atomic E-state index is 12.6. The van der Waals surface area contributed by atoms with E-state index >= 15 is 0 Å². The quantitative estimate of drug-likeness (QED) is 0.394. The van der Waals surface area contributed by atoms with E-state index in [1.165, 1.54) is 0 Å². The molecule has 4 heterocycles. The standard InChI is InChI=1S/C28H31N5O6/c34-21(35)12-11-20-24-25(39-22(38-24)13-10-17-6-2-1-3-7-17)27(37-20)33-16-30-23-19(14-15-29-26(23)33)32-28(36)31-18-8-4-5-9-18/h1-3,6-7,10,13-16,18,20,22,24-25,27H,4-5,8-9,11-12H2,(H,34,35)(H2,29,31,32,36)/b13-10+/t20-,22-,24?,25+,27-/m1/s1. The van der Waals surface area contributed by atoms with E-state index in [0.29, 0.717) is 16.9 Å². The number of pyridine rings is 1. The van der Waals surface area contributed by atoms with Gasteiger partial charge in [-0.2, -0.15) is 0 Å². The van der Waals surface area contributed by atoms with Crippen molar-refractivity contribution in [2.75, 3.05) is 5.32 Å². The fourth-order valence-corrected chi connectivity index (χ4v) is 5.56. The number of imidazole rings is 1. The molecule has 1 aliphatic carbocycles. The molecular weight excluding hydrogens is 502 g/mol. The molecule has 11 nitrogen and oxygen atoms in total. The van der Waals surface area contributed by atoms with E-state index < -0.39 is 36.8 Å². The van der Waals surface area contributed by atoms with Crippen LogP contribution in [0.4, 0.5) is 10.5 Å². The second-order valence-electron chi connectivity index (χ2n) is 10.1. The Morgan fingerprint density at radius 2 is 1.85 bits per heavy atom. The van der Waals surface area contributed by atoms with Gasteiger partial charge in [0.2, 0.25) is 0 Å². The van der Waals surface area contributed by atoms with Crippen molar-refractivity contribution in [1.29, 1.82) is 0 Å². The third-order valence-corrected chi connectivity index (χ3v) is 7.43. The van der Waals surface area contributed by atoms with E-state index in [4.69, 9.17) is 14.2 Å². The molecule has 2 aromatic heterocycles. The molecule has 1 unspecified atom stereocenters. The third-order valence-electron chi connectivity index (χ3n) is 7.43. The van der Waals surface area contributed by atoms with Gasteiger partial charge >= 0.3 is 12.0 Å². The van der Waals surface area contributed by atoms with Gasteiger partial charge < -0.3 is 30.0 Å². The highest BCUT2D eigenvalue weighted by molar-refractivity contribution is 5.97. The van der Waals surface area contributed by atoms with Crippen molar-refractivity contribution in [2.24, 2.45) is 0 Å². The predicted octanol–water partition coefficient (Wildman–Crippen LogP) is 4.08. The number of aliphatic carboxylic acids is 1. The number of benzene rings is 1. The average Bonchev–Trinajstić information content (AvgIpc) is 3.72. The number of amides is 2. The van der Waals surface area contributed by atoms with Crippen LogP contribution in [0.2, 0.25) is 0 Å². The molecule has 1 aromatic carbocycles. The molecular formula is C28H31N5O6. The smallest absolute Gasteiger partial charge is 0.319 e. The SMILES string of the molecule is O=C(O)CC[C@H]1O[C@@H](n2cnc3c(NC(=O)NC4CCCC4)ccnc32)[C@H]2O[C@H](/C=C/c3ccccc3)OC12. The van der Waals surface area contributed by atoms with Gasteiger partial charge in [-0.1, -0.05) is 49.2 Å². The summed E-state index contributed by atoms with van der Waals surface area (Å²) in [6.45, 7) is 0. The van der Waals surface area contributed by atoms with Crippen molar-refractivity contribution >= 4 is 34.9 Å². The van der Waals surface area contributed by atoms with E-state index in [1.54, 1.807) is 23.2 Å². The van der Waals surface area contributed by atoms with Gasteiger partial charge in [0.15, 0.2) is 18.2 Å². The highest BCUT2D eigenvalue weighted by Gasteiger charge is 2.53. The summed E-state index contributed by atoms with van der Waals surface area (Å²) in [6, 6.07) is 11.5. The van der Waals surface area contributed by atoms with Crippen molar-refractivity contribution in [1.82, 2.24) is 19.9 Å². The van der Waals surface area contributed by atoms with Crippen LogP contribution in [-0.4, -0.2) is 62.3 Å². The highest BCUT2D eigenvalue weighted by Crippen LogP contribution is 2.42. The number of carbonyl (C=O) groups excluding carboxylic acids is 1. The molecule has 5 atom stereocenters. The number of fused-ring (bicyclic) bond motifs is 2. The molecule has 3 fully saturated rings. The van der Waals surface area contributed by atoms with Crippen LogP contribution in [0.15, 0.2) is 55.0 Å². The van der Waals surface area contributed by atoms with E-state index in [0.717, 1.165) is 31.2 Å². The minimum Gasteiger partial charge on any atom is -0.481 e. The van der Waals surface area contributed by atoms with Crippen molar-refractivity contribution in [3.05, 3.63) is 60.6 Å². The monoisotopic (exact) mass is 533 g/mol. The lowest BCUT2D eigenvalue weighted by atomic mass is 10.1. The third kappa shape index (κ3) is 5.51. The van der Waals surface area contributed by atoms with E-state index in [1.807, 2.05) is 42.5 Å². The molecule has 39 heavy (non-hydrogen) atoms. The summed E-state index contributed by atoms with van der Waals surface area (Å²) in [4.78, 5) is 32.9. The van der Waals surface area contributed by atoms with Gasteiger partial charge in [-0.15, -0.1) is 0 Å². The lowest BCUT2D eigenvalue weighted by Crippen LogP contribution is -2.36. The number of hydrogen-bond acceptors (Lipinski definition) is 7. The minimum absolute atomic E-state index is 0.0540. The Labute approximate surface area is 225 Å². The molecule has 6 rings (SSSR count). The zero-order valence-electron chi connectivity index (χ0n) is 21.3. The Morgan fingerprint density at radius 1 is 1.05 bits per heavy atom. The van der Waals surface area contributed by atoms with Gasteiger partial charge in [-0.25, -0.2) is 14.8 Å². The summed E-state index contributed by atoms with van der Waals surface area (Å²) in [6.07, 6.45) is 8.74. The fourth-order valence-electron chi connectivity index (χ4n) is 5.56. The number of ether oxygens (including phenoxy) is 3. The predicted molar refractivity (Wildman–Crippen MR) is 142 cm³/mol. The molecule has 2 aliphatic heterocycles. The maximum atomic E-state index is 12.6. The molecule has 3 aliphatic rings. The largest absolute Gasteiger partial charge is 0.481 e. The van der Waals surface area contributed by atoms with Crippen molar-refractivity contribution in [2.45, 2.75) is 75.4 Å². The van der Waals surface area contributed by atoms with Gasteiger partial charge in [-0.3, -0.25) is 9.36 Å². The van der Waals surface area contributed by atoms with Crippen LogP contribution >= 0.6 is 0 Å². The second-order valence-corrected chi connectivity index (χ2v) is 10.1. The summed E-state index contributed by atoms with van der Waals surface area (Å²) in [5.74, 6) is -0.903. The first-order valence-electron chi connectivity index (χ1n) is 13.4. The fraction of sp³-hybridized carbons (Fsp3) is 0.429. The summed E-state index contributed by atoms with van der Waals surface area (Å²) < 4.78 is 20.5. The lowest BCUT2D eigenvalue weighted by molar-refractivity contribution is -0.141. The highest BCUT2D eigenvalue weighted by atomic mass is 16.8. The first-order chi connectivity index (χ1) is 19.0. The Hall–Kier alpha value is -3.80. The molecule has 3 N–H and O–H groups in total. The average molecular weight is 534 g/mol. The van der Waals surface area contributed by atoms with E-state index in [2.05, 4.69) is 20.6 Å². The van der Waals surface area contributed by atoms with Gasteiger partial charge in [-0.05, 0) is 37.0 Å². The first-order valence-corrected chi connectivity index (χ1v) is 13.4. The van der Waals surface area contributed by atoms with Crippen molar-refractivity contribution < 1.29 is 28.9 Å². The number of carbonyl (C=O) groups is 2. The number of urea groups is 1. The molecule has 2 saturated heterocycles. The summed E-state index contributed by atoms with van der Waals surface area (Å²) in [5.41, 5.74) is 2.59. The van der Waals surface area contributed by atoms with Crippen LogP contribution in [0.25, 0.3) is 17.2 Å². The topological polar surface area (TPSA) is 137 Å². The van der Waals surface area contributed by atoms with Gasteiger partial charge in [0.1, 0.15) is 17.7 Å². The number of carboxylic acid groups (broad SMARTS) is 1. The Balaban J connectivity index is 1.23. The summed E-state index contributed by atoms with van der Waals surface area (Å²) >= 11 is 0. The van der Waals surface area contributed by atoms with Crippen LogP contribution in [0.3, 0.4) is 0 Å². The van der Waals surface area contributed by atoms with Crippen LogP contribution < -0.4 is 10.6 Å². The molecule has 1 saturated carbocycles. The minimum atomic E-state index is -0.903. The second kappa shape index (κ2) is 11.1. The van der Waals surface area contributed by atoms with Crippen LogP contribution in [0.5, 0.6) is 0 Å². The van der Waals surface area contributed by atoms with E-state index in [9.17, 15) is 14.7 Å². The summed E-state index contributed by atoms with van der Waals surface area (Å²) in [7, 11) is 0. The lowest BCUT2D eigenvalue weighted by Gasteiger charge is -2.20. The number of nitrogens with one attached hydrogen (secondary N) is 2. The van der Waals surface area contributed by atoms with Crippen molar-refractivity contribution in [3.63, 3.8) is 0 Å². The Bertz CT molecular complexity index is 1350. The first kappa shape index (κ1) is 25.5. The molecule has 204 valence electrons. The Morgan fingerprint density at radius 3 is 2.64 bits per heavy atom. The van der Waals surface area contributed by atoms with Crippen LogP contribution in [0, 0.1) is 0 Å². The summed E-state index contributed by atoms with van der Waals surface area (Å²) in [5, 5.41) is 15.2. The number of anilines is 1. The number of carboxylic acids is 1. The van der Waals surface area contributed by atoms with Gasteiger partial charge in [0, 0.05) is 18.7 Å². The maximum Gasteiger partial charge on any atom is 0.319 e. The van der Waals surface area contributed by atoms with Crippen molar-refractivity contribution in [3.8, 4) is 0 Å². The molecule has 0 radical (unpaired) electrons. The molecule has 0 spiro atoms. The number of rotatable bonds is 8. The number of hydrogen-bond donors (Lipinski definition) is 3. The number of aromatic nitrogens is 3. The molecule has 3 aromatic rings. The molecule has 11 heteroatoms. The molecule has 2 amide bonds. The van der Waals surface area contributed by atoms with Crippen LogP contribution in [-0.2, 0) is 19.0 Å². The number of nitrogens with zero attached hydrogens (tertiary/aromatic N) is 3. The zero-order chi connectivity index (χ0) is 26.8. The Kier molecular flexibility index (Phi) is 7.27. The normalized spacial score (nSPS) is 26.8. The zero-order valence-corrected chi connectivity index (χ0v) is 21.3.